The maximum absolute atomic E-state index is 9.54. The number of benzene rings is 1. The molecule has 170 valence electrons. The van der Waals surface area contributed by atoms with Gasteiger partial charge < -0.3 is 26.1 Å². The van der Waals surface area contributed by atoms with Crippen molar-refractivity contribution in [3.05, 3.63) is 47.8 Å². The van der Waals surface area contributed by atoms with Crippen LogP contribution in [0.3, 0.4) is 0 Å². The van der Waals surface area contributed by atoms with Gasteiger partial charge in [-0.15, -0.1) is 0 Å². The first-order valence-corrected chi connectivity index (χ1v) is 11.0. The lowest BCUT2D eigenvalue weighted by atomic mass is 9.95. The van der Waals surface area contributed by atoms with E-state index >= 15 is 0 Å². The number of H-pyrrole nitrogens is 1. The van der Waals surface area contributed by atoms with Crippen LogP contribution in [0.2, 0.25) is 0 Å². The molecule has 2 heterocycles. The Labute approximate surface area is 192 Å². The number of hydrogen-bond acceptors (Lipinski definition) is 8. The number of aromatic nitrogens is 3. The van der Waals surface area contributed by atoms with Gasteiger partial charge in [0.25, 0.3) is 0 Å². The normalized spacial score (nSPS) is 15.0. The van der Waals surface area contributed by atoms with E-state index in [1.54, 1.807) is 26.4 Å². The van der Waals surface area contributed by atoms with Crippen molar-refractivity contribution in [1.82, 2.24) is 15.0 Å². The van der Waals surface area contributed by atoms with Gasteiger partial charge in [-0.1, -0.05) is 19.3 Å². The Morgan fingerprint density at radius 1 is 1.30 bits per heavy atom. The van der Waals surface area contributed by atoms with Gasteiger partial charge in [0, 0.05) is 36.6 Å². The maximum Gasteiger partial charge on any atom is 0.231 e. The Kier molecular flexibility index (Phi) is 6.74. The van der Waals surface area contributed by atoms with E-state index in [0.717, 1.165) is 29.5 Å². The molecule has 1 aliphatic carbocycles. The summed E-state index contributed by atoms with van der Waals surface area (Å²) in [6.45, 7) is 0. The van der Waals surface area contributed by atoms with Gasteiger partial charge in [0.1, 0.15) is 23.3 Å². The summed E-state index contributed by atoms with van der Waals surface area (Å²) in [5.74, 6) is 1.74. The van der Waals surface area contributed by atoms with Gasteiger partial charge >= 0.3 is 0 Å². The summed E-state index contributed by atoms with van der Waals surface area (Å²) in [7, 11) is 3.32. The number of nitrogens with zero attached hydrogens (tertiary/aromatic N) is 4. The number of ether oxygens (including phenoxy) is 1. The second kappa shape index (κ2) is 10.0. The van der Waals surface area contributed by atoms with E-state index in [1.165, 1.54) is 25.5 Å². The van der Waals surface area contributed by atoms with Crippen molar-refractivity contribution in [3.63, 3.8) is 0 Å². The van der Waals surface area contributed by atoms with Crippen molar-refractivity contribution >= 4 is 34.2 Å². The van der Waals surface area contributed by atoms with Crippen LogP contribution in [0.4, 0.5) is 17.5 Å². The number of aliphatic imine (C=N–C) groups is 1. The molecule has 0 atom stereocenters. The summed E-state index contributed by atoms with van der Waals surface area (Å²) in [5, 5.41) is 17.1. The number of nitrogens with two attached hydrogens (primary N) is 1. The van der Waals surface area contributed by atoms with Crippen molar-refractivity contribution in [3.8, 4) is 11.8 Å². The fourth-order valence-corrected chi connectivity index (χ4v) is 4.21. The van der Waals surface area contributed by atoms with Gasteiger partial charge in [0.05, 0.1) is 23.8 Å². The van der Waals surface area contributed by atoms with Crippen LogP contribution in [0.15, 0.2) is 41.7 Å². The zero-order valence-corrected chi connectivity index (χ0v) is 18.9. The largest absolute Gasteiger partial charge is 0.496 e. The number of nitriles is 1. The summed E-state index contributed by atoms with van der Waals surface area (Å²) in [5.41, 5.74) is 8.99. The smallest absolute Gasteiger partial charge is 0.231 e. The molecule has 1 fully saturated rings. The molecule has 0 aliphatic heterocycles. The highest BCUT2D eigenvalue weighted by molar-refractivity contribution is 6.10. The first-order chi connectivity index (χ1) is 16.2. The molecule has 4 rings (SSSR count). The first kappa shape index (κ1) is 22.1. The summed E-state index contributed by atoms with van der Waals surface area (Å²) >= 11 is 0. The second-order valence-corrected chi connectivity index (χ2v) is 7.92. The lowest BCUT2D eigenvalue weighted by molar-refractivity contribution is 0.414. The fourth-order valence-electron chi connectivity index (χ4n) is 4.21. The molecule has 1 saturated carbocycles. The molecule has 9 heteroatoms. The highest BCUT2D eigenvalue weighted by atomic mass is 16.5. The van der Waals surface area contributed by atoms with Gasteiger partial charge in [0.15, 0.2) is 0 Å². The van der Waals surface area contributed by atoms with Gasteiger partial charge in [-0.3, -0.25) is 4.99 Å². The van der Waals surface area contributed by atoms with E-state index in [0.29, 0.717) is 40.5 Å². The molecule has 0 unspecified atom stereocenters. The second-order valence-electron chi connectivity index (χ2n) is 7.92. The minimum absolute atomic E-state index is 0.341. The molecular formula is C24H28N8O. The highest BCUT2D eigenvalue weighted by Crippen LogP contribution is 2.30. The number of nitrogens with one attached hydrogen (secondary N) is 3. The molecule has 9 nitrogen and oxygen atoms in total. The molecule has 1 aromatic carbocycles. The molecule has 0 spiro atoms. The zero-order chi connectivity index (χ0) is 23.2. The van der Waals surface area contributed by atoms with Crippen LogP contribution in [-0.2, 0) is 0 Å². The van der Waals surface area contributed by atoms with Crippen LogP contribution >= 0.6 is 0 Å². The van der Waals surface area contributed by atoms with Crippen molar-refractivity contribution in [2.75, 3.05) is 24.8 Å². The zero-order valence-electron chi connectivity index (χ0n) is 18.9. The number of fused-ring (bicyclic) bond motifs is 1. The number of methoxy groups -OCH3 is 1. The SMILES string of the molecule is CN=C(C=CN)c1ccc(Nc2nc(NC3CCCCC3)c3c(C#N)c[nH]c3n2)cc1OC. The number of aromatic amines is 1. The Morgan fingerprint density at radius 3 is 2.82 bits per heavy atom. The summed E-state index contributed by atoms with van der Waals surface area (Å²) in [6, 6.07) is 8.25. The van der Waals surface area contributed by atoms with E-state index in [4.69, 9.17) is 15.5 Å². The first-order valence-electron chi connectivity index (χ1n) is 11.0. The number of hydrogen-bond donors (Lipinski definition) is 4. The lowest BCUT2D eigenvalue weighted by Crippen LogP contribution is -2.23. The average molecular weight is 445 g/mol. The Hall–Kier alpha value is -4.06. The minimum atomic E-state index is 0.341. The van der Waals surface area contributed by atoms with E-state index < -0.39 is 0 Å². The molecular weight excluding hydrogens is 416 g/mol. The summed E-state index contributed by atoms with van der Waals surface area (Å²) in [4.78, 5) is 16.7. The van der Waals surface area contributed by atoms with Crippen molar-refractivity contribution in [2.24, 2.45) is 10.7 Å². The van der Waals surface area contributed by atoms with E-state index in [-0.39, 0.29) is 0 Å². The molecule has 0 amide bonds. The van der Waals surface area contributed by atoms with Crippen LogP contribution in [-0.4, -0.2) is 40.9 Å². The van der Waals surface area contributed by atoms with Gasteiger partial charge in [0.2, 0.25) is 5.95 Å². The van der Waals surface area contributed by atoms with Gasteiger partial charge in [-0.2, -0.15) is 15.2 Å². The fraction of sp³-hybridized carbons (Fsp3) is 0.333. The third-order valence-electron chi connectivity index (χ3n) is 5.83. The topological polar surface area (TPSA) is 137 Å². The predicted molar refractivity (Wildman–Crippen MR) is 131 cm³/mol. The molecule has 0 bridgehead atoms. The van der Waals surface area contributed by atoms with Crippen LogP contribution in [0.5, 0.6) is 5.75 Å². The molecule has 1 aliphatic rings. The number of anilines is 3. The Bertz CT molecular complexity index is 1230. The average Bonchev–Trinajstić information content (AvgIpc) is 3.26. The number of allylic oxidation sites excluding steroid dienone is 1. The van der Waals surface area contributed by atoms with Gasteiger partial charge in [-0.25, -0.2) is 0 Å². The number of rotatable bonds is 7. The molecule has 3 aromatic rings. The predicted octanol–water partition coefficient (Wildman–Crippen LogP) is 4.22. The van der Waals surface area contributed by atoms with Crippen LogP contribution in [0.1, 0.15) is 43.2 Å². The van der Waals surface area contributed by atoms with Crippen LogP contribution in [0, 0.1) is 11.3 Å². The van der Waals surface area contributed by atoms with Crippen LogP contribution in [0.25, 0.3) is 11.0 Å². The highest BCUT2D eigenvalue weighted by Gasteiger charge is 2.19. The standard InChI is InChI=1S/C24H28N8O/c1-27-19(10-11-25)18-9-8-17(12-20(18)33-2)30-24-31-22-21(15(13-26)14-28-22)23(32-24)29-16-6-4-3-5-7-16/h8-12,14,16H,3-7,25H2,1-2H3,(H3,28,29,30,31,32). The van der Waals surface area contributed by atoms with E-state index in [9.17, 15) is 5.26 Å². The Balaban J connectivity index is 1.68. The summed E-state index contributed by atoms with van der Waals surface area (Å²) < 4.78 is 5.57. The molecule has 33 heavy (non-hydrogen) atoms. The van der Waals surface area contributed by atoms with Crippen molar-refractivity contribution in [2.45, 2.75) is 38.1 Å². The molecule has 0 radical (unpaired) electrons. The Morgan fingerprint density at radius 2 is 2.12 bits per heavy atom. The monoisotopic (exact) mass is 444 g/mol. The van der Waals surface area contributed by atoms with Crippen molar-refractivity contribution < 1.29 is 4.74 Å². The quantitative estimate of drug-likeness (QED) is 0.400. The third-order valence-corrected chi connectivity index (χ3v) is 5.83. The van der Waals surface area contributed by atoms with Crippen LogP contribution < -0.4 is 21.1 Å². The van der Waals surface area contributed by atoms with E-state index in [1.807, 2.05) is 18.2 Å². The molecule has 5 N–H and O–H groups in total. The van der Waals surface area contributed by atoms with Gasteiger partial charge in [-0.05, 0) is 37.3 Å². The van der Waals surface area contributed by atoms with E-state index in [2.05, 4.69) is 31.7 Å². The molecule has 0 saturated heterocycles. The lowest BCUT2D eigenvalue weighted by Gasteiger charge is -2.24. The van der Waals surface area contributed by atoms with Crippen molar-refractivity contribution in [1.29, 1.82) is 5.26 Å². The molecule has 2 aromatic heterocycles. The maximum atomic E-state index is 9.54. The minimum Gasteiger partial charge on any atom is -0.496 e. The summed E-state index contributed by atoms with van der Waals surface area (Å²) in [6.07, 6.45) is 10.7. The third kappa shape index (κ3) is 4.75.